The van der Waals surface area contributed by atoms with E-state index in [1.165, 1.54) is 31.7 Å². The number of carbonyl (C=O) groups is 1. The second kappa shape index (κ2) is 9.38. The van der Waals surface area contributed by atoms with Crippen LogP contribution < -0.4 is 0 Å². The van der Waals surface area contributed by atoms with E-state index in [0.717, 1.165) is 50.6 Å². The zero-order valence-electron chi connectivity index (χ0n) is 14.3. The molecular formula is C19H28ClFN2O. The molecule has 1 aliphatic heterocycles. The lowest BCUT2D eigenvalue weighted by Gasteiger charge is -2.35. The molecule has 24 heavy (non-hydrogen) atoms. The van der Waals surface area contributed by atoms with E-state index in [1.807, 2.05) is 11.0 Å². The van der Waals surface area contributed by atoms with E-state index in [2.05, 4.69) is 4.90 Å². The number of hydrogen-bond donors (Lipinski definition) is 0. The molecule has 1 heterocycles. The first-order chi connectivity index (χ1) is 11.2. The van der Waals surface area contributed by atoms with E-state index < -0.39 is 0 Å². The average molecular weight is 355 g/mol. The second-order valence-electron chi connectivity index (χ2n) is 6.98. The molecule has 0 radical (unpaired) electrons. The summed E-state index contributed by atoms with van der Waals surface area (Å²) in [5.41, 5.74) is 1.01. The zero-order chi connectivity index (χ0) is 16.1. The van der Waals surface area contributed by atoms with Gasteiger partial charge in [0.25, 0.3) is 0 Å². The lowest BCUT2D eigenvalue weighted by molar-refractivity contribution is -0.133. The number of benzene rings is 1. The van der Waals surface area contributed by atoms with Crippen molar-refractivity contribution in [2.75, 3.05) is 26.2 Å². The highest BCUT2D eigenvalue weighted by molar-refractivity contribution is 5.85. The average Bonchev–Trinajstić information content (AvgIpc) is 3.07. The van der Waals surface area contributed by atoms with Gasteiger partial charge in [-0.3, -0.25) is 9.69 Å². The van der Waals surface area contributed by atoms with E-state index in [0.29, 0.717) is 12.3 Å². The highest BCUT2D eigenvalue weighted by Crippen LogP contribution is 2.28. The van der Waals surface area contributed by atoms with Gasteiger partial charge in [-0.25, -0.2) is 4.39 Å². The summed E-state index contributed by atoms with van der Waals surface area (Å²) in [4.78, 5) is 16.6. The van der Waals surface area contributed by atoms with Gasteiger partial charge in [-0.1, -0.05) is 37.8 Å². The van der Waals surface area contributed by atoms with Gasteiger partial charge in [-0.2, -0.15) is 0 Å². The monoisotopic (exact) mass is 354 g/mol. The molecule has 5 heteroatoms. The predicted molar refractivity (Wildman–Crippen MR) is 96.7 cm³/mol. The zero-order valence-corrected chi connectivity index (χ0v) is 15.1. The number of hydrogen-bond acceptors (Lipinski definition) is 2. The molecule has 2 fully saturated rings. The first-order valence-electron chi connectivity index (χ1n) is 8.95. The van der Waals surface area contributed by atoms with Crippen molar-refractivity contribution in [1.82, 2.24) is 9.80 Å². The molecule has 1 aromatic carbocycles. The fourth-order valence-corrected chi connectivity index (χ4v) is 3.83. The van der Waals surface area contributed by atoms with E-state index in [4.69, 9.17) is 0 Å². The van der Waals surface area contributed by atoms with Gasteiger partial charge in [-0.05, 0) is 30.0 Å². The van der Waals surface area contributed by atoms with Crippen LogP contribution >= 0.6 is 12.4 Å². The van der Waals surface area contributed by atoms with Crippen molar-refractivity contribution in [3.63, 3.8) is 0 Å². The van der Waals surface area contributed by atoms with Crippen molar-refractivity contribution in [3.05, 3.63) is 35.6 Å². The molecule has 1 saturated carbocycles. The first kappa shape index (κ1) is 19.2. The van der Waals surface area contributed by atoms with Gasteiger partial charge < -0.3 is 4.90 Å². The Morgan fingerprint density at radius 3 is 2.50 bits per heavy atom. The van der Waals surface area contributed by atoms with Crippen molar-refractivity contribution in [2.24, 2.45) is 5.92 Å². The molecule has 1 aliphatic carbocycles. The molecule has 0 N–H and O–H groups in total. The highest BCUT2D eigenvalue weighted by atomic mass is 35.5. The van der Waals surface area contributed by atoms with E-state index >= 15 is 0 Å². The van der Waals surface area contributed by atoms with Gasteiger partial charge in [0, 0.05) is 39.1 Å². The summed E-state index contributed by atoms with van der Waals surface area (Å²) < 4.78 is 13.2. The minimum Gasteiger partial charge on any atom is -0.340 e. The third-order valence-electron chi connectivity index (χ3n) is 5.26. The van der Waals surface area contributed by atoms with Crippen LogP contribution in [0.2, 0.25) is 0 Å². The molecule has 1 saturated heterocycles. The summed E-state index contributed by atoms with van der Waals surface area (Å²) in [7, 11) is 0. The molecule has 3 rings (SSSR count). The summed E-state index contributed by atoms with van der Waals surface area (Å²) in [6, 6.07) is 6.79. The van der Waals surface area contributed by atoms with Gasteiger partial charge in [-0.15, -0.1) is 12.4 Å². The Labute approximate surface area is 150 Å². The number of halogens is 2. The molecule has 1 amide bonds. The van der Waals surface area contributed by atoms with Crippen molar-refractivity contribution in [2.45, 2.75) is 45.1 Å². The maximum absolute atomic E-state index is 13.2. The molecule has 0 aromatic heterocycles. The first-order valence-corrected chi connectivity index (χ1v) is 8.95. The number of amides is 1. The van der Waals surface area contributed by atoms with Crippen LogP contribution in [0.4, 0.5) is 4.39 Å². The Balaban J connectivity index is 0.00000208. The van der Waals surface area contributed by atoms with Gasteiger partial charge in [0.15, 0.2) is 0 Å². The van der Waals surface area contributed by atoms with Crippen LogP contribution in [0, 0.1) is 11.7 Å². The third-order valence-corrected chi connectivity index (χ3v) is 5.26. The third kappa shape index (κ3) is 5.45. The number of rotatable bonds is 5. The minimum absolute atomic E-state index is 0. The largest absolute Gasteiger partial charge is 0.340 e. The fraction of sp³-hybridized carbons (Fsp3) is 0.632. The van der Waals surface area contributed by atoms with E-state index in [9.17, 15) is 9.18 Å². The maximum Gasteiger partial charge on any atom is 0.222 e. The van der Waals surface area contributed by atoms with Gasteiger partial charge in [0.05, 0.1) is 0 Å². The molecule has 1 aromatic rings. The maximum atomic E-state index is 13.2. The number of carbonyl (C=O) groups excluding carboxylic acids is 1. The molecule has 0 bridgehead atoms. The quantitative estimate of drug-likeness (QED) is 0.801. The second-order valence-corrected chi connectivity index (χ2v) is 6.98. The van der Waals surface area contributed by atoms with Crippen molar-refractivity contribution in [1.29, 1.82) is 0 Å². The van der Waals surface area contributed by atoms with E-state index in [1.54, 1.807) is 12.1 Å². The Bertz CT molecular complexity index is 526. The fourth-order valence-electron chi connectivity index (χ4n) is 3.83. The topological polar surface area (TPSA) is 23.6 Å². The van der Waals surface area contributed by atoms with Crippen molar-refractivity contribution in [3.8, 4) is 0 Å². The molecule has 134 valence electrons. The molecular weight excluding hydrogens is 327 g/mol. The Kier molecular flexibility index (Phi) is 7.50. The standard InChI is InChI=1S/C19H27FN2O.ClH/c20-18-7-3-6-17(14-18)15-21-10-12-22(13-11-21)19(23)9-8-16-4-1-2-5-16;/h3,6-7,14,16H,1-2,4-5,8-13,15H2;1H. The van der Waals surface area contributed by atoms with Crippen LogP contribution in [0.1, 0.15) is 44.1 Å². The lowest BCUT2D eigenvalue weighted by Crippen LogP contribution is -2.48. The lowest BCUT2D eigenvalue weighted by atomic mass is 10.0. The number of nitrogens with zero attached hydrogens (tertiary/aromatic N) is 2. The van der Waals surface area contributed by atoms with E-state index in [-0.39, 0.29) is 18.2 Å². The van der Waals surface area contributed by atoms with Crippen LogP contribution in [0.5, 0.6) is 0 Å². The molecule has 0 atom stereocenters. The van der Waals surface area contributed by atoms with Crippen LogP contribution in [0.15, 0.2) is 24.3 Å². The molecule has 3 nitrogen and oxygen atoms in total. The van der Waals surface area contributed by atoms with Crippen molar-refractivity contribution < 1.29 is 9.18 Å². The van der Waals surface area contributed by atoms with Crippen molar-refractivity contribution >= 4 is 18.3 Å². The van der Waals surface area contributed by atoms with Gasteiger partial charge in [0.1, 0.15) is 5.82 Å². The molecule has 2 aliphatic rings. The van der Waals surface area contributed by atoms with Crippen LogP contribution in [-0.2, 0) is 11.3 Å². The van der Waals surface area contributed by atoms with Gasteiger partial charge >= 0.3 is 0 Å². The molecule has 0 spiro atoms. The molecule has 0 unspecified atom stereocenters. The summed E-state index contributed by atoms with van der Waals surface area (Å²) in [5, 5.41) is 0. The Hall–Kier alpha value is -1.13. The minimum atomic E-state index is -0.178. The van der Waals surface area contributed by atoms with Crippen LogP contribution in [0.25, 0.3) is 0 Å². The van der Waals surface area contributed by atoms with Crippen LogP contribution in [0.3, 0.4) is 0 Å². The normalized spacial score (nSPS) is 19.3. The smallest absolute Gasteiger partial charge is 0.222 e. The van der Waals surface area contributed by atoms with Gasteiger partial charge in [0.2, 0.25) is 5.91 Å². The summed E-state index contributed by atoms with van der Waals surface area (Å²) in [5.74, 6) is 0.929. The Morgan fingerprint density at radius 1 is 1.12 bits per heavy atom. The summed E-state index contributed by atoms with van der Waals surface area (Å²) in [6.07, 6.45) is 7.11. The SMILES string of the molecule is Cl.O=C(CCC1CCCC1)N1CCN(Cc2cccc(F)c2)CC1. The van der Waals surface area contributed by atoms with Crippen LogP contribution in [-0.4, -0.2) is 41.9 Å². The Morgan fingerprint density at radius 2 is 1.83 bits per heavy atom. The highest BCUT2D eigenvalue weighted by Gasteiger charge is 2.22. The predicted octanol–water partition coefficient (Wildman–Crippen LogP) is 3.86. The number of piperazine rings is 1. The summed E-state index contributed by atoms with van der Waals surface area (Å²) >= 11 is 0. The summed E-state index contributed by atoms with van der Waals surface area (Å²) in [6.45, 7) is 4.14.